The predicted molar refractivity (Wildman–Crippen MR) is 86.1 cm³/mol. The fraction of sp³-hybridized carbons (Fsp3) is 0.778. The summed E-state index contributed by atoms with van der Waals surface area (Å²) < 4.78 is 9.86. The fourth-order valence-electron chi connectivity index (χ4n) is 2.21. The van der Waals surface area contributed by atoms with Crippen LogP contribution < -0.4 is 0 Å². The monoisotopic (exact) mass is 310 g/mol. The molecule has 0 unspecified atom stereocenters. The molecule has 0 bridgehead atoms. The molecule has 1 aliphatic carbocycles. The molecule has 0 radical (unpaired) electrons. The third-order valence-corrected chi connectivity index (χ3v) is 3.79. The molecule has 0 atom stereocenters. The van der Waals surface area contributed by atoms with Crippen LogP contribution in [-0.2, 0) is 19.1 Å². The van der Waals surface area contributed by atoms with Crippen molar-refractivity contribution < 1.29 is 19.1 Å². The number of carbonyl (C=O) groups excluding carboxylic acids is 2. The van der Waals surface area contributed by atoms with Gasteiger partial charge < -0.3 is 9.47 Å². The molecule has 0 aromatic rings. The predicted octanol–water partition coefficient (Wildman–Crippen LogP) is 4.53. The smallest absolute Gasteiger partial charge is 0.333 e. The Kier molecular flexibility index (Phi) is 10.4. The Labute approximate surface area is 134 Å². The second kappa shape index (κ2) is 12.2. The van der Waals surface area contributed by atoms with Gasteiger partial charge in [-0.2, -0.15) is 0 Å². The molecule has 0 aromatic carbocycles. The molecule has 0 heterocycles. The first-order valence-electron chi connectivity index (χ1n) is 8.78. The molecule has 0 aliphatic heterocycles. The summed E-state index contributed by atoms with van der Waals surface area (Å²) in [5, 5.41) is 0. The summed E-state index contributed by atoms with van der Waals surface area (Å²) >= 11 is 0. The summed E-state index contributed by atoms with van der Waals surface area (Å²) in [5.41, 5.74) is 0. The number of rotatable bonds is 13. The van der Waals surface area contributed by atoms with Crippen LogP contribution in [0.15, 0.2) is 12.3 Å². The molecule has 1 saturated carbocycles. The third kappa shape index (κ3) is 10.4. The van der Waals surface area contributed by atoms with E-state index in [2.05, 4.69) is 6.92 Å². The normalized spacial score (nSPS) is 14.2. The van der Waals surface area contributed by atoms with Gasteiger partial charge in [-0.05, 0) is 19.3 Å². The van der Waals surface area contributed by atoms with Crippen molar-refractivity contribution in [2.45, 2.75) is 77.6 Å². The third-order valence-electron chi connectivity index (χ3n) is 3.79. The maximum Gasteiger partial charge on any atom is 0.333 e. The second-order valence-electron chi connectivity index (χ2n) is 6.01. The molecule has 126 valence electrons. The largest absolute Gasteiger partial charge is 0.462 e. The molecule has 1 aliphatic rings. The van der Waals surface area contributed by atoms with Crippen molar-refractivity contribution in [3.05, 3.63) is 12.3 Å². The van der Waals surface area contributed by atoms with Gasteiger partial charge in [-0.3, -0.25) is 4.79 Å². The molecule has 0 spiro atoms. The number of esters is 2. The van der Waals surface area contributed by atoms with E-state index in [9.17, 15) is 9.59 Å². The first-order chi connectivity index (χ1) is 10.7. The standard InChI is InChI=1S/C18H30O4/c1-2-3-4-5-6-7-8-9-10-14-21-17(19)13-15-22-18(20)16-11-12-16/h13,15-16H,2-12,14H2,1H3/b15-13+. The van der Waals surface area contributed by atoms with Gasteiger partial charge in [0.2, 0.25) is 0 Å². The average Bonchev–Trinajstić information content (AvgIpc) is 3.34. The SMILES string of the molecule is CCCCCCCCCCCOC(=O)/C=C/OC(=O)C1CC1. The number of ether oxygens (including phenoxy) is 2. The van der Waals surface area contributed by atoms with Crippen molar-refractivity contribution in [3.8, 4) is 0 Å². The molecule has 4 heteroatoms. The molecule has 0 amide bonds. The van der Waals surface area contributed by atoms with Gasteiger partial charge in [-0.15, -0.1) is 0 Å². The minimum Gasteiger partial charge on any atom is -0.462 e. The van der Waals surface area contributed by atoms with Gasteiger partial charge in [0.05, 0.1) is 18.6 Å². The molecule has 22 heavy (non-hydrogen) atoms. The molecule has 0 N–H and O–H groups in total. The maximum absolute atomic E-state index is 11.3. The van der Waals surface area contributed by atoms with Crippen LogP contribution in [-0.4, -0.2) is 18.5 Å². The van der Waals surface area contributed by atoms with Gasteiger partial charge in [0.15, 0.2) is 0 Å². The molecule has 0 aromatic heterocycles. The number of carbonyl (C=O) groups is 2. The summed E-state index contributed by atoms with van der Waals surface area (Å²) in [6.07, 6.45) is 15.2. The van der Waals surface area contributed by atoms with E-state index >= 15 is 0 Å². The van der Waals surface area contributed by atoms with Crippen LogP contribution in [0, 0.1) is 5.92 Å². The van der Waals surface area contributed by atoms with Crippen LogP contribution in [0.25, 0.3) is 0 Å². The van der Waals surface area contributed by atoms with E-state index < -0.39 is 5.97 Å². The Morgan fingerprint density at radius 1 is 0.955 bits per heavy atom. The Hall–Kier alpha value is -1.32. The summed E-state index contributed by atoms with van der Waals surface area (Å²) in [6, 6.07) is 0. The van der Waals surface area contributed by atoms with Gasteiger partial charge >= 0.3 is 11.9 Å². The van der Waals surface area contributed by atoms with E-state index in [-0.39, 0.29) is 11.9 Å². The summed E-state index contributed by atoms with van der Waals surface area (Å²) in [7, 11) is 0. The molecule has 0 saturated heterocycles. The highest BCUT2D eigenvalue weighted by molar-refractivity contribution is 5.82. The average molecular weight is 310 g/mol. The quantitative estimate of drug-likeness (QED) is 0.217. The summed E-state index contributed by atoms with van der Waals surface area (Å²) in [5.74, 6) is -0.645. The van der Waals surface area contributed by atoms with Crippen molar-refractivity contribution in [3.63, 3.8) is 0 Å². The van der Waals surface area contributed by atoms with Gasteiger partial charge in [-0.1, -0.05) is 58.3 Å². The fourth-order valence-corrected chi connectivity index (χ4v) is 2.21. The van der Waals surface area contributed by atoms with Crippen molar-refractivity contribution in [2.75, 3.05) is 6.61 Å². The Morgan fingerprint density at radius 2 is 1.55 bits per heavy atom. The highest BCUT2D eigenvalue weighted by atomic mass is 16.5. The minimum atomic E-state index is -0.442. The van der Waals surface area contributed by atoms with Crippen LogP contribution in [0.1, 0.15) is 77.6 Å². The summed E-state index contributed by atoms with van der Waals surface area (Å²) in [6.45, 7) is 2.67. The zero-order valence-electron chi connectivity index (χ0n) is 13.9. The summed E-state index contributed by atoms with van der Waals surface area (Å²) in [4.78, 5) is 22.6. The lowest BCUT2D eigenvalue weighted by Crippen LogP contribution is -2.05. The van der Waals surface area contributed by atoms with Crippen LogP contribution in [0.2, 0.25) is 0 Å². The number of hydrogen-bond donors (Lipinski definition) is 0. The zero-order valence-corrected chi connectivity index (χ0v) is 13.9. The Balaban J connectivity index is 1.84. The van der Waals surface area contributed by atoms with E-state index in [1.54, 1.807) is 0 Å². The highest BCUT2D eigenvalue weighted by Gasteiger charge is 2.30. The van der Waals surface area contributed by atoms with Gasteiger partial charge in [-0.25, -0.2) is 4.79 Å². The Morgan fingerprint density at radius 3 is 2.14 bits per heavy atom. The van der Waals surface area contributed by atoms with Crippen molar-refractivity contribution in [1.82, 2.24) is 0 Å². The first kappa shape index (κ1) is 18.7. The zero-order chi connectivity index (χ0) is 16.0. The molecular formula is C18H30O4. The number of unbranched alkanes of at least 4 members (excludes halogenated alkanes) is 8. The Bertz CT molecular complexity index is 345. The number of hydrogen-bond acceptors (Lipinski definition) is 4. The maximum atomic E-state index is 11.3. The van der Waals surface area contributed by atoms with Crippen molar-refractivity contribution >= 4 is 11.9 Å². The second-order valence-corrected chi connectivity index (χ2v) is 6.01. The molecule has 1 fully saturated rings. The van der Waals surface area contributed by atoms with E-state index in [1.807, 2.05) is 0 Å². The topological polar surface area (TPSA) is 52.6 Å². The van der Waals surface area contributed by atoms with Gasteiger partial charge in [0.1, 0.15) is 6.26 Å². The molecule has 4 nitrogen and oxygen atoms in total. The molecule has 1 rings (SSSR count). The van der Waals surface area contributed by atoms with E-state index in [0.717, 1.165) is 31.9 Å². The lowest BCUT2D eigenvalue weighted by Gasteiger charge is -2.03. The van der Waals surface area contributed by atoms with E-state index in [0.29, 0.717) is 6.61 Å². The van der Waals surface area contributed by atoms with Crippen molar-refractivity contribution in [1.29, 1.82) is 0 Å². The van der Waals surface area contributed by atoms with Crippen LogP contribution in [0.3, 0.4) is 0 Å². The van der Waals surface area contributed by atoms with E-state index in [4.69, 9.17) is 9.47 Å². The lowest BCUT2D eigenvalue weighted by molar-refractivity contribution is -0.140. The first-order valence-corrected chi connectivity index (χ1v) is 8.78. The van der Waals surface area contributed by atoms with Gasteiger partial charge in [0.25, 0.3) is 0 Å². The van der Waals surface area contributed by atoms with Crippen LogP contribution in [0.4, 0.5) is 0 Å². The van der Waals surface area contributed by atoms with Gasteiger partial charge in [0, 0.05) is 0 Å². The van der Waals surface area contributed by atoms with Crippen LogP contribution >= 0.6 is 0 Å². The minimum absolute atomic E-state index is 0.0441. The van der Waals surface area contributed by atoms with E-state index in [1.165, 1.54) is 51.0 Å². The van der Waals surface area contributed by atoms with Crippen molar-refractivity contribution in [2.24, 2.45) is 5.92 Å². The highest BCUT2D eigenvalue weighted by Crippen LogP contribution is 2.30. The molecular weight excluding hydrogens is 280 g/mol. The van der Waals surface area contributed by atoms with Crippen LogP contribution in [0.5, 0.6) is 0 Å². The lowest BCUT2D eigenvalue weighted by atomic mass is 10.1.